The zero-order valence-corrected chi connectivity index (χ0v) is 18.6. The van der Waals surface area contributed by atoms with Crippen LogP contribution >= 0.6 is 23.4 Å². The monoisotopic (exact) mass is 440 g/mol. The highest BCUT2D eigenvalue weighted by Gasteiger charge is 2.28. The van der Waals surface area contributed by atoms with Gasteiger partial charge in [-0.1, -0.05) is 30.7 Å². The van der Waals surface area contributed by atoms with Crippen molar-refractivity contribution in [3.05, 3.63) is 34.9 Å². The van der Waals surface area contributed by atoms with Crippen molar-refractivity contribution in [1.29, 1.82) is 0 Å². The van der Waals surface area contributed by atoms with Gasteiger partial charge in [0.05, 0.1) is 10.6 Å². The molecule has 0 aliphatic carbocycles. The van der Waals surface area contributed by atoms with Crippen LogP contribution in [-0.2, 0) is 14.3 Å². The number of hydrogen-bond acceptors (Lipinski definition) is 5. The predicted octanol–water partition coefficient (Wildman–Crippen LogP) is 3.53. The van der Waals surface area contributed by atoms with Crippen molar-refractivity contribution in [2.45, 2.75) is 51.1 Å². The molecular formula is C21H29ClN2O4S. The Morgan fingerprint density at radius 1 is 1.31 bits per heavy atom. The Labute approximate surface area is 181 Å². The molecule has 1 N–H and O–H groups in total. The summed E-state index contributed by atoms with van der Waals surface area (Å²) in [4.78, 5) is 39.5. The molecule has 0 bridgehead atoms. The molecule has 1 saturated heterocycles. The second-order valence-corrected chi connectivity index (χ2v) is 8.43. The molecule has 6 nitrogen and oxygen atoms in total. The van der Waals surface area contributed by atoms with E-state index in [1.54, 1.807) is 36.0 Å². The Bertz CT molecular complexity index is 716. The van der Waals surface area contributed by atoms with Gasteiger partial charge in [-0.25, -0.2) is 4.79 Å². The quantitative estimate of drug-likeness (QED) is 0.594. The first-order valence-electron chi connectivity index (χ1n) is 9.98. The van der Waals surface area contributed by atoms with E-state index in [1.165, 1.54) is 0 Å². The minimum absolute atomic E-state index is 0.175. The summed E-state index contributed by atoms with van der Waals surface area (Å²) >= 11 is 7.63. The van der Waals surface area contributed by atoms with E-state index in [-0.39, 0.29) is 18.6 Å². The number of nitrogens with zero attached hydrogens (tertiary/aromatic N) is 1. The number of esters is 1. The molecule has 2 atom stereocenters. The fraction of sp³-hybridized carbons (Fsp3) is 0.571. The largest absolute Gasteiger partial charge is 0.454 e. The topological polar surface area (TPSA) is 75.7 Å². The molecule has 0 spiro atoms. The lowest BCUT2D eigenvalue weighted by Gasteiger charge is -2.35. The van der Waals surface area contributed by atoms with Crippen LogP contribution in [0.2, 0.25) is 5.02 Å². The standard InChI is InChI=1S/C21H29ClN2O4S/c1-3-15-8-6-7-12-24(15)19(25)14-28-21(27)18(11-13-29-2)23-20(26)16-9-4-5-10-17(16)22/h4-5,9-10,15,18H,3,6-8,11-14H2,1-2H3,(H,23,26). The summed E-state index contributed by atoms with van der Waals surface area (Å²) in [5.74, 6) is -0.545. The highest BCUT2D eigenvalue weighted by atomic mass is 35.5. The van der Waals surface area contributed by atoms with Crippen molar-refractivity contribution in [2.24, 2.45) is 0 Å². The molecule has 0 saturated carbocycles. The van der Waals surface area contributed by atoms with E-state index in [0.29, 0.717) is 29.3 Å². The van der Waals surface area contributed by atoms with Crippen LogP contribution in [0.1, 0.15) is 49.4 Å². The molecule has 8 heteroatoms. The second kappa shape index (κ2) is 12.1. The van der Waals surface area contributed by atoms with Gasteiger partial charge in [-0.05, 0) is 56.2 Å². The summed E-state index contributed by atoms with van der Waals surface area (Å²) < 4.78 is 5.29. The molecule has 2 rings (SSSR count). The lowest BCUT2D eigenvalue weighted by molar-refractivity contribution is -0.155. The zero-order valence-electron chi connectivity index (χ0n) is 17.0. The molecule has 0 radical (unpaired) electrons. The summed E-state index contributed by atoms with van der Waals surface area (Å²) in [5, 5.41) is 3.01. The van der Waals surface area contributed by atoms with Crippen molar-refractivity contribution in [1.82, 2.24) is 10.2 Å². The number of piperidine rings is 1. The Hall–Kier alpha value is -1.73. The number of ether oxygens (including phenoxy) is 1. The number of likely N-dealkylation sites (tertiary alicyclic amines) is 1. The van der Waals surface area contributed by atoms with Gasteiger partial charge in [0.15, 0.2) is 6.61 Å². The Balaban J connectivity index is 1.96. The summed E-state index contributed by atoms with van der Waals surface area (Å²) in [7, 11) is 0. The first-order valence-corrected chi connectivity index (χ1v) is 11.8. The Kier molecular flexibility index (Phi) is 9.81. The number of rotatable bonds is 9. The highest BCUT2D eigenvalue weighted by Crippen LogP contribution is 2.20. The molecule has 1 aliphatic rings. The van der Waals surface area contributed by atoms with Crippen LogP contribution < -0.4 is 5.32 Å². The van der Waals surface area contributed by atoms with Gasteiger partial charge in [-0.15, -0.1) is 0 Å². The van der Waals surface area contributed by atoms with Gasteiger partial charge in [-0.2, -0.15) is 11.8 Å². The van der Waals surface area contributed by atoms with E-state index in [4.69, 9.17) is 16.3 Å². The van der Waals surface area contributed by atoms with Gasteiger partial charge >= 0.3 is 5.97 Å². The molecule has 2 amide bonds. The predicted molar refractivity (Wildman–Crippen MR) is 116 cm³/mol. The average molecular weight is 441 g/mol. The van der Waals surface area contributed by atoms with Gasteiger partial charge < -0.3 is 15.0 Å². The number of benzene rings is 1. The van der Waals surface area contributed by atoms with E-state index in [0.717, 1.165) is 25.7 Å². The molecule has 160 valence electrons. The average Bonchev–Trinajstić information content (AvgIpc) is 2.74. The van der Waals surface area contributed by atoms with E-state index >= 15 is 0 Å². The fourth-order valence-corrected chi connectivity index (χ4v) is 4.13. The molecule has 29 heavy (non-hydrogen) atoms. The maximum absolute atomic E-state index is 12.6. The number of amides is 2. The van der Waals surface area contributed by atoms with E-state index in [9.17, 15) is 14.4 Å². The van der Waals surface area contributed by atoms with Crippen LogP contribution in [0.3, 0.4) is 0 Å². The SMILES string of the molecule is CCC1CCCCN1C(=O)COC(=O)C(CCSC)NC(=O)c1ccccc1Cl. The number of carbonyl (C=O) groups excluding carboxylic acids is 3. The van der Waals surface area contributed by atoms with Crippen molar-refractivity contribution < 1.29 is 19.1 Å². The van der Waals surface area contributed by atoms with E-state index in [2.05, 4.69) is 12.2 Å². The third-order valence-corrected chi connectivity index (χ3v) is 6.05. The molecule has 0 aromatic heterocycles. The number of halogens is 1. The lowest BCUT2D eigenvalue weighted by atomic mass is 10.00. The number of thioether (sulfide) groups is 1. The highest BCUT2D eigenvalue weighted by molar-refractivity contribution is 7.98. The number of nitrogens with one attached hydrogen (secondary N) is 1. The smallest absolute Gasteiger partial charge is 0.329 e. The third-order valence-electron chi connectivity index (χ3n) is 5.08. The van der Waals surface area contributed by atoms with Gasteiger partial charge in [0.2, 0.25) is 0 Å². The van der Waals surface area contributed by atoms with Crippen molar-refractivity contribution in [2.75, 3.05) is 25.2 Å². The third kappa shape index (κ3) is 6.93. The maximum atomic E-state index is 12.6. The van der Waals surface area contributed by atoms with Crippen LogP contribution in [0.5, 0.6) is 0 Å². The molecule has 1 fully saturated rings. The summed E-state index contributed by atoms with van der Waals surface area (Å²) in [6.07, 6.45) is 6.30. The van der Waals surface area contributed by atoms with Gasteiger partial charge in [0.25, 0.3) is 11.8 Å². The number of carbonyl (C=O) groups is 3. The zero-order chi connectivity index (χ0) is 21.2. The summed E-state index contributed by atoms with van der Waals surface area (Å²) in [6, 6.07) is 6.03. The summed E-state index contributed by atoms with van der Waals surface area (Å²) in [5.41, 5.74) is 0.297. The normalized spacial score (nSPS) is 17.5. The molecular weight excluding hydrogens is 412 g/mol. The van der Waals surface area contributed by atoms with Crippen LogP contribution in [-0.4, -0.2) is 59.9 Å². The fourth-order valence-electron chi connectivity index (χ4n) is 3.44. The Morgan fingerprint density at radius 2 is 2.07 bits per heavy atom. The van der Waals surface area contributed by atoms with Crippen LogP contribution in [0.15, 0.2) is 24.3 Å². The molecule has 1 heterocycles. The van der Waals surface area contributed by atoms with Crippen molar-refractivity contribution >= 4 is 41.1 Å². The van der Waals surface area contributed by atoms with Crippen LogP contribution in [0.25, 0.3) is 0 Å². The van der Waals surface area contributed by atoms with Crippen molar-refractivity contribution in [3.63, 3.8) is 0 Å². The molecule has 2 unspecified atom stereocenters. The minimum atomic E-state index is -0.831. The molecule has 1 aromatic carbocycles. The molecule has 1 aliphatic heterocycles. The number of hydrogen-bond donors (Lipinski definition) is 1. The first kappa shape index (κ1) is 23.5. The van der Waals surface area contributed by atoms with E-state index < -0.39 is 17.9 Å². The lowest BCUT2D eigenvalue weighted by Crippen LogP contribution is -2.47. The van der Waals surface area contributed by atoms with E-state index in [1.807, 2.05) is 11.2 Å². The maximum Gasteiger partial charge on any atom is 0.329 e. The summed E-state index contributed by atoms with van der Waals surface area (Å²) in [6.45, 7) is 2.46. The first-order chi connectivity index (χ1) is 14.0. The van der Waals surface area contributed by atoms with Gasteiger partial charge in [-0.3, -0.25) is 9.59 Å². The van der Waals surface area contributed by atoms with Crippen molar-refractivity contribution in [3.8, 4) is 0 Å². The van der Waals surface area contributed by atoms with Gasteiger partial charge in [0, 0.05) is 12.6 Å². The van der Waals surface area contributed by atoms with Crippen LogP contribution in [0, 0.1) is 0 Å². The van der Waals surface area contributed by atoms with Gasteiger partial charge in [0.1, 0.15) is 6.04 Å². The minimum Gasteiger partial charge on any atom is -0.454 e. The molecule has 1 aromatic rings. The Morgan fingerprint density at radius 3 is 2.76 bits per heavy atom. The second-order valence-electron chi connectivity index (χ2n) is 7.04. The van der Waals surface area contributed by atoms with Crippen LogP contribution in [0.4, 0.5) is 0 Å².